The molecule has 2 aromatic rings. The maximum absolute atomic E-state index is 11.1. The number of aromatic carboxylic acids is 1. The minimum atomic E-state index is -0.930. The van der Waals surface area contributed by atoms with Gasteiger partial charge in [0.1, 0.15) is 5.56 Å². The van der Waals surface area contributed by atoms with Gasteiger partial charge in [0, 0.05) is 6.54 Å². The van der Waals surface area contributed by atoms with Crippen LogP contribution in [-0.2, 0) is 13.1 Å². The maximum atomic E-state index is 11.1. The summed E-state index contributed by atoms with van der Waals surface area (Å²) in [6, 6.07) is 0. The highest BCUT2D eigenvalue weighted by molar-refractivity contribution is 5.90. The monoisotopic (exact) mass is 248 g/mol. The predicted molar refractivity (Wildman–Crippen MR) is 65.7 cm³/mol. The first-order chi connectivity index (χ1) is 8.54. The van der Waals surface area contributed by atoms with E-state index in [0.29, 0.717) is 17.9 Å². The van der Waals surface area contributed by atoms with Gasteiger partial charge >= 0.3 is 5.97 Å². The van der Waals surface area contributed by atoms with Gasteiger partial charge in [0.25, 0.3) is 0 Å². The molecule has 0 unspecified atom stereocenters. The summed E-state index contributed by atoms with van der Waals surface area (Å²) < 4.78 is 3.72. The molecule has 96 valence electrons. The fraction of sp³-hybridized carbons (Fsp3) is 0.417. The molecule has 18 heavy (non-hydrogen) atoms. The molecule has 0 spiro atoms. The van der Waals surface area contributed by atoms with E-state index in [1.807, 2.05) is 11.5 Å². The second-order valence-electron chi connectivity index (χ2n) is 4.18. The highest BCUT2D eigenvalue weighted by Crippen LogP contribution is 2.14. The largest absolute Gasteiger partial charge is 0.478 e. The first-order valence-electron chi connectivity index (χ1n) is 5.80. The van der Waals surface area contributed by atoms with E-state index in [-0.39, 0.29) is 5.56 Å². The lowest BCUT2D eigenvalue weighted by molar-refractivity contribution is 0.0695. The van der Waals surface area contributed by atoms with Crippen molar-refractivity contribution in [3.05, 3.63) is 35.2 Å². The molecule has 2 heterocycles. The maximum Gasteiger partial charge on any atom is 0.339 e. The zero-order chi connectivity index (χ0) is 13.3. The van der Waals surface area contributed by atoms with Crippen molar-refractivity contribution in [2.24, 2.45) is 0 Å². The Balaban J connectivity index is 2.36. The van der Waals surface area contributed by atoms with Crippen LogP contribution in [-0.4, -0.2) is 30.4 Å². The number of imidazole rings is 1. The smallest absolute Gasteiger partial charge is 0.339 e. The molecular weight excluding hydrogens is 232 g/mol. The molecule has 0 saturated heterocycles. The van der Waals surface area contributed by atoms with Crippen molar-refractivity contribution < 1.29 is 9.90 Å². The molecule has 0 bridgehead atoms. The molecule has 2 aromatic heterocycles. The highest BCUT2D eigenvalue weighted by atomic mass is 16.4. The van der Waals surface area contributed by atoms with Gasteiger partial charge < -0.3 is 9.67 Å². The Labute approximate surface area is 105 Å². The molecule has 6 heteroatoms. The van der Waals surface area contributed by atoms with Crippen LogP contribution in [0, 0.1) is 13.8 Å². The Morgan fingerprint density at radius 2 is 2.17 bits per heavy atom. The van der Waals surface area contributed by atoms with Crippen molar-refractivity contribution >= 4 is 5.97 Å². The van der Waals surface area contributed by atoms with E-state index < -0.39 is 5.97 Å². The van der Waals surface area contributed by atoms with E-state index in [0.717, 1.165) is 12.2 Å². The van der Waals surface area contributed by atoms with Gasteiger partial charge in [0.15, 0.2) is 0 Å². The van der Waals surface area contributed by atoms with Crippen molar-refractivity contribution in [2.45, 2.75) is 33.9 Å². The summed E-state index contributed by atoms with van der Waals surface area (Å²) >= 11 is 0. The number of aromatic nitrogens is 4. The van der Waals surface area contributed by atoms with Crippen LogP contribution in [0.3, 0.4) is 0 Å². The number of carbonyl (C=O) groups is 1. The standard InChI is InChI=1S/C12H16N4O2/c1-4-15-7-13-5-10(15)6-16-9(3)11(12(17)18)8(2)14-16/h5,7H,4,6H2,1-3H3,(H,17,18). The summed E-state index contributed by atoms with van der Waals surface area (Å²) in [4.78, 5) is 15.2. The molecule has 2 rings (SSSR count). The average molecular weight is 248 g/mol. The number of aryl methyl sites for hydroxylation is 2. The Morgan fingerprint density at radius 3 is 2.72 bits per heavy atom. The molecular formula is C12H16N4O2. The number of rotatable bonds is 4. The minimum Gasteiger partial charge on any atom is -0.478 e. The van der Waals surface area contributed by atoms with Crippen molar-refractivity contribution in [2.75, 3.05) is 0 Å². The number of carboxylic acid groups (broad SMARTS) is 1. The van der Waals surface area contributed by atoms with Crippen LogP contribution in [0.25, 0.3) is 0 Å². The molecule has 0 aliphatic heterocycles. The van der Waals surface area contributed by atoms with Crippen molar-refractivity contribution in [1.29, 1.82) is 0 Å². The molecule has 0 amide bonds. The summed E-state index contributed by atoms with van der Waals surface area (Å²) in [5, 5.41) is 13.4. The van der Waals surface area contributed by atoms with Crippen LogP contribution in [0.1, 0.15) is 34.4 Å². The molecule has 0 aromatic carbocycles. The first kappa shape index (κ1) is 12.3. The van der Waals surface area contributed by atoms with Gasteiger partial charge in [-0.05, 0) is 20.8 Å². The molecule has 0 atom stereocenters. The normalized spacial score (nSPS) is 10.8. The van der Waals surface area contributed by atoms with E-state index in [1.54, 1.807) is 31.1 Å². The van der Waals surface area contributed by atoms with Gasteiger partial charge in [-0.15, -0.1) is 0 Å². The average Bonchev–Trinajstić information content (AvgIpc) is 2.84. The SMILES string of the molecule is CCn1cncc1Cn1nc(C)c(C(=O)O)c1C. The van der Waals surface area contributed by atoms with Crippen molar-refractivity contribution in [3.63, 3.8) is 0 Å². The zero-order valence-corrected chi connectivity index (χ0v) is 10.7. The Bertz CT molecular complexity index is 583. The molecule has 0 saturated carbocycles. The molecule has 0 radical (unpaired) electrons. The van der Waals surface area contributed by atoms with E-state index in [1.165, 1.54) is 0 Å². The van der Waals surface area contributed by atoms with Gasteiger partial charge in [-0.3, -0.25) is 4.68 Å². The Kier molecular flexibility index (Phi) is 3.18. The number of nitrogens with zero attached hydrogens (tertiary/aromatic N) is 4. The van der Waals surface area contributed by atoms with Crippen LogP contribution in [0.4, 0.5) is 0 Å². The van der Waals surface area contributed by atoms with Crippen LogP contribution in [0.15, 0.2) is 12.5 Å². The summed E-state index contributed by atoms with van der Waals surface area (Å²) in [6.45, 7) is 6.89. The van der Waals surface area contributed by atoms with Gasteiger partial charge in [-0.1, -0.05) is 0 Å². The van der Waals surface area contributed by atoms with Gasteiger partial charge in [0.05, 0.1) is 36.2 Å². The second kappa shape index (κ2) is 4.64. The lowest BCUT2D eigenvalue weighted by atomic mass is 10.2. The van der Waals surface area contributed by atoms with Crippen LogP contribution >= 0.6 is 0 Å². The van der Waals surface area contributed by atoms with Crippen molar-refractivity contribution in [3.8, 4) is 0 Å². The molecule has 6 nitrogen and oxygen atoms in total. The van der Waals surface area contributed by atoms with Gasteiger partial charge in [0.2, 0.25) is 0 Å². The molecule has 0 fully saturated rings. The zero-order valence-electron chi connectivity index (χ0n) is 10.7. The fourth-order valence-electron chi connectivity index (χ4n) is 2.08. The predicted octanol–water partition coefficient (Wildman–Crippen LogP) is 1.46. The second-order valence-corrected chi connectivity index (χ2v) is 4.18. The lowest BCUT2D eigenvalue weighted by Crippen LogP contribution is -2.09. The van der Waals surface area contributed by atoms with E-state index >= 15 is 0 Å². The third-order valence-corrected chi connectivity index (χ3v) is 3.05. The quantitative estimate of drug-likeness (QED) is 0.889. The van der Waals surface area contributed by atoms with E-state index in [4.69, 9.17) is 5.11 Å². The van der Waals surface area contributed by atoms with Gasteiger partial charge in [-0.2, -0.15) is 5.10 Å². The Hall–Kier alpha value is -2.11. The number of hydrogen-bond donors (Lipinski definition) is 1. The van der Waals surface area contributed by atoms with Crippen LogP contribution < -0.4 is 0 Å². The third kappa shape index (κ3) is 2.01. The summed E-state index contributed by atoms with van der Waals surface area (Å²) in [6.07, 6.45) is 3.54. The number of carboxylic acids is 1. The highest BCUT2D eigenvalue weighted by Gasteiger charge is 2.18. The summed E-state index contributed by atoms with van der Waals surface area (Å²) in [5.41, 5.74) is 2.52. The molecule has 1 N–H and O–H groups in total. The van der Waals surface area contributed by atoms with Crippen LogP contribution in [0.2, 0.25) is 0 Å². The third-order valence-electron chi connectivity index (χ3n) is 3.05. The van der Waals surface area contributed by atoms with E-state index in [9.17, 15) is 4.79 Å². The lowest BCUT2D eigenvalue weighted by Gasteiger charge is -2.07. The number of hydrogen-bond acceptors (Lipinski definition) is 3. The first-order valence-corrected chi connectivity index (χ1v) is 5.80. The fourth-order valence-corrected chi connectivity index (χ4v) is 2.08. The minimum absolute atomic E-state index is 0.289. The van der Waals surface area contributed by atoms with Crippen LogP contribution in [0.5, 0.6) is 0 Å². The van der Waals surface area contributed by atoms with Gasteiger partial charge in [-0.25, -0.2) is 9.78 Å². The Morgan fingerprint density at radius 1 is 1.44 bits per heavy atom. The summed E-state index contributed by atoms with van der Waals surface area (Å²) in [5.74, 6) is -0.930. The van der Waals surface area contributed by atoms with E-state index in [2.05, 4.69) is 10.1 Å². The molecule has 0 aliphatic carbocycles. The summed E-state index contributed by atoms with van der Waals surface area (Å²) in [7, 11) is 0. The topological polar surface area (TPSA) is 72.9 Å². The molecule has 0 aliphatic rings. The van der Waals surface area contributed by atoms with Crippen molar-refractivity contribution in [1.82, 2.24) is 19.3 Å².